The summed E-state index contributed by atoms with van der Waals surface area (Å²) < 4.78 is 10.9. The average Bonchev–Trinajstić information content (AvgIpc) is 2.45. The molecule has 0 unspecified atom stereocenters. The zero-order valence-electron chi connectivity index (χ0n) is 10.4. The number of hydrogen-bond donors (Lipinski definition) is 0. The topological polar surface area (TPSA) is 85.4 Å². The molecule has 19 heavy (non-hydrogen) atoms. The Morgan fingerprint density at radius 3 is 2.84 bits per heavy atom. The van der Waals surface area contributed by atoms with Gasteiger partial charge >= 0.3 is 0 Å². The number of non-ortho nitro benzene ring substituents is 1. The van der Waals surface area contributed by atoms with Crippen LogP contribution in [0.5, 0.6) is 5.75 Å². The fourth-order valence-electron chi connectivity index (χ4n) is 1.97. The van der Waals surface area contributed by atoms with E-state index < -0.39 is 4.92 Å². The molecule has 0 spiro atoms. The molecule has 1 saturated heterocycles. The van der Waals surface area contributed by atoms with Crippen molar-refractivity contribution in [3.63, 3.8) is 0 Å². The van der Waals surface area contributed by atoms with Crippen molar-refractivity contribution in [1.29, 1.82) is 5.26 Å². The van der Waals surface area contributed by atoms with Crippen molar-refractivity contribution >= 4 is 5.69 Å². The highest BCUT2D eigenvalue weighted by atomic mass is 16.6. The zero-order chi connectivity index (χ0) is 13.7. The first-order valence-electron chi connectivity index (χ1n) is 6.10. The van der Waals surface area contributed by atoms with Crippen LogP contribution in [0.2, 0.25) is 0 Å². The molecule has 1 aliphatic heterocycles. The van der Waals surface area contributed by atoms with Crippen molar-refractivity contribution in [3.8, 4) is 11.8 Å². The largest absolute Gasteiger partial charge is 0.492 e. The highest BCUT2D eigenvalue weighted by Crippen LogP contribution is 2.25. The van der Waals surface area contributed by atoms with Crippen LogP contribution in [0.4, 0.5) is 5.69 Å². The van der Waals surface area contributed by atoms with Gasteiger partial charge in [-0.25, -0.2) is 0 Å². The van der Waals surface area contributed by atoms with E-state index in [0.29, 0.717) is 18.3 Å². The van der Waals surface area contributed by atoms with Gasteiger partial charge in [0.1, 0.15) is 17.4 Å². The van der Waals surface area contributed by atoms with Crippen LogP contribution in [0.25, 0.3) is 0 Å². The van der Waals surface area contributed by atoms with Crippen LogP contribution < -0.4 is 4.74 Å². The molecule has 1 heterocycles. The van der Waals surface area contributed by atoms with E-state index in [2.05, 4.69) is 0 Å². The molecule has 0 atom stereocenters. The summed E-state index contributed by atoms with van der Waals surface area (Å²) in [5.41, 5.74) is 0.0937. The van der Waals surface area contributed by atoms with Crippen LogP contribution in [0.1, 0.15) is 18.4 Å². The van der Waals surface area contributed by atoms with Crippen LogP contribution in [0.15, 0.2) is 18.2 Å². The number of benzene rings is 1. The molecule has 100 valence electrons. The van der Waals surface area contributed by atoms with Gasteiger partial charge in [-0.2, -0.15) is 5.26 Å². The van der Waals surface area contributed by atoms with Gasteiger partial charge in [-0.05, 0) is 24.8 Å². The highest BCUT2D eigenvalue weighted by Gasteiger charge is 2.16. The Kier molecular flexibility index (Phi) is 4.31. The van der Waals surface area contributed by atoms with Crippen molar-refractivity contribution in [3.05, 3.63) is 33.9 Å². The van der Waals surface area contributed by atoms with Crippen molar-refractivity contribution in [1.82, 2.24) is 0 Å². The standard InChI is InChI=1S/C13H14N2O4/c14-8-11-7-12(15(16)17)1-2-13(11)19-9-10-3-5-18-6-4-10/h1-2,7,10H,3-6,9H2. The smallest absolute Gasteiger partial charge is 0.271 e. The molecule has 0 amide bonds. The maximum Gasteiger partial charge on any atom is 0.271 e. The maximum absolute atomic E-state index is 10.6. The third-order valence-corrected chi connectivity index (χ3v) is 3.11. The third kappa shape index (κ3) is 3.42. The molecule has 1 aromatic rings. The lowest BCUT2D eigenvalue weighted by atomic mass is 10.0. The van der Waals surface area contributed by atoms with E-state index in [0.717, 1.165) is 26.1 Å². The van der Waals surface area contributed by atoms with Crippen molar-refractivity contribution in [2.75, 3.05) is 19.8 Å². The Balaban J connectivity index is 2.03. The van der Waals surface area contributed by atoms with Gasteiger partial charge in [-0.3, -0.25) is 10.1 Å². The highest BCUT2D eigenvalue weighted by molar-refractivity contribution is 5.50. The quantitative estimate of drug-likeness (QED) is 0.613. The zero-order valence-corrected chi connectivity index (χ0v) is 10.4. The predicted molar refractivity (Wildman–Crippen MR) is 66.8 cm³/mol. The van der Waals surface area contributed by atoms with Crippen LogP contribution >= 0.6 is 0 Å². The summed E-state index contributed by atoms with van der Waals surface area (Å²) >= 11 is 0. The number of hydrogen-bond acceptors (Lipinski definition) is 5. The molecular weight excluding hydrogens is 248 g/mol. The molecule has 1 aromatic carbocycles. The third-order valence-electron chi connectivity index (χ3n) is 3.11. The van der Waals surface area contributed by atoms with E-state index in [1.165, 1.54) is 18.2 Å². The van der Waals surface area contributed by atoms with Crippen molar-refractivity contribution in [2.24, 2.45) is 5.92 Å². The van der Waals surface area contributed by atoms with Gasteiger partial charge in [-0.15, -0.1) is 0 Å². The molecule has 6 heteroatoms. The van der Waals surface area contributed by atoms with Gasteiger partial charge < -0.3 is 9.47 Å². The molecule has 6 nitrogen and oxygen atoms in total. The van der Waals surface area contributed by atoms with E-state index in [-0.39, 0.29) is 11.3 Å². The second-order valence-corrected chi connectivity index (χ2v) is 4.42. The van der Waals surface area contributed by atoms with Crippen LogP contribution in [-0.4, -0.2) is 24.7 Å². The normalized spacial score (nSPS) is 15.7. The Hall–Kier alpha value is -2.13. The Morgan fingerprint density at radius 2 is 2.21 bits per heavy atom. The lowest BCUT2D eigenvalue weighted by Gasteiger charge is -2.22. The first-order valence-corrected chi connectivity index (χ1v) is 6.10. The van der Waals surface area contributed by atoms with E-state index in [4.69, 9.17) is 14.7 Å². The van der Waals surface area contributed by atoms with Crippen LogP contribution in [0, 0.1) is 27.4 Å². The number of nitriles is 1. The molecule has 1 aliphatic rings. The predicted octanol–water partition coefficient (Wildman–Crippen LogP) is 2.27. The number of nitro groups is 1. The second kappa shape index (κ2) is 6.16. The summed E-state index contributed by atoms with van der Waals surface area (Å²) in [6.45, 7) is 1.98. The summed E-state index contributed by atoms with van der Waals surface area (Å²) in [5.74, 6) is 0.815. The average molecular weight is 262 g/mol. The molecular formula is C13H14N2O4. The van der Waals surface area contributed by atoms with E-state index in [1.54, 1.807) is 0 Å². The van der Waals surface area contributed by atoms with Gasteiger partial charge in [0.25, 0.3) is 5.69 Å². The van der Waals surface area contributed by atoms with Crippen molar-refractivity contribution in [2.45, 2.75) is 12.8 Å². The SMILES string of the molecule is N#Cc1cc([N+](=O)[O-])ccc1OCC1CCOCC1. The Morgan fingerprint density at radius 1 is 1.47 bits per heavy atom. The number of nitro benzene ring substituents is 1. The molecule has 0 bridgehead atoms. The first-order chi connectivity index (χ1) is 9.20. The summed E-state index contributed by atoms with van der Waals surface area (Å²) in [7, 11) is 0. The summed E-state index contributed by atoms with van der Waals surface area (Å²) in [4.78, 5) is 10.1. The lowest BCUT2D eigenvalue weighted by molar-refractivity contribution is -0.384. The maximum atomic E-state index is 10.6. The molecule has 2 rings (SSSR count). The summed E-state index contributed by atoms with van der Waals surface area (Å²) in [5, 5.41) is 19.6. The summed E-state index contributed by atoms with van der Waals surface area (Å²) in [6.07, 6.45) is 1.88. The summed E-state index contributed by atoms with van der Waals surface area (Å²) in [6, 6.07) is 5.99. The molecule has 0 saturated carbocycles. The van der Waals surface area contributed by atoms with E-state index in [1.807, 2.05) is 6.07 Å². The lowest BCUT2D eigenvalue weighted by Crippen LogP contribution is -2.21. The number of rotatable bonds is 4. The Bertz CT molecular complexity index is 504. The minimum atomic E-state index is -0.525. The minimum absolute atomic E-state index is 0.102. The minimum Gasteiger partial charge on any atom is -0.492 e. The van der Waals surface area contributed by atoms with Gasteiger partial charge in [-0.1, -0.05) is 0 Å². The number of nitrogens with zero attached hydrogens (tertiary/aromatic N) is 2. The molecule has 0 aliphatic carbocycles. The van der Waals surface area contributed by atoms with Crippen LogP contribution in [0.3, 0.4) is 0 Å². The van der Waals surface area contributed by atoms with Gasteiger partial charge in [0, 0.05) is 25.3 Å². The second-order valence-electron chi connectivity index (χ2n) is 4.42. The fraction of sp³-hybridized carbons (Fsp3) is 0.462. The molecule has 1 fully saturated rings. The molecule has 0 radical (unpaired) electrons. The van der Waals surface area contributed by atoms with Crippen LogP contribution in [-0.2, 0) is 4.74 Å². The van der Waals surface area contributed by atoms with Gasteiger partial charge in [0.15, 0.2) is 0 Å². The van der Waals surface area contributed by atoms with E-state index in [9.17, 15) is 10.1 Å². The van der Waals surface area contributed by atoms with E-state index >= 15 is 0 Å². The fourth-order valence-corrected chi connectivity index (χ4v) is 1.97. The molecule has 0 aromatic heterocycles. The first kappa shape index (κ1) is 13.3. The number of ether oxygens (including phenoxy) is 2. The van der Waals surface area contributed by atoms with Crippen molar-refractivity contribution < 1.29 is 14.4 Å². The van der Waals surface area contributed by atoms with Gasteiger partial charge in [0.2, 0.25) is 0 Å². The monoisotopic (exact) mass is 262 g/mol. The Labute approximate surface area is 110 Å². The van der Waals surface area contributed by atoms with Gasteiger partial charge in [0.05, 0.1) is 11.5 Å². The molecule has 0 N–H and O–H groups in total.